The van der Waals surface area contributed by atoms with E-state index < -0.39 is 21.7 Å². The molecule has 2 aromatic carbocycles. The Kier molecular flexibility index (Phi) is 7.04. The van der Waals surface area contributed by atoms with Crippen molar-refractivity contribution in [3.05, 3.63) is 69.8 Å². The standard InChI is InChI=1S/C30H34N4/c1-20(21-10-23(27(2,3)16-31)14-24(11-21)28(4,5)17-32)22-12-25(29(6,7)18-33)15-26(13-22)30(8,9)19-34/h10-15,20H,1-9H3. The van der Waals surface area contributed by atoms with Gasteiger partial charge in [0, 0.05) is 5.92 Å². The van der Waals surface area contributed by atoms with Gasteiger partial charge in [0.05, 0.1) is 45.9 Å². The van der Waals surface area contributed by atoms with Crippen molar-refractivity contribution < 1.29 is 0 Å². The van der Waals surface area contributed by atoms with Crippen LogP contribution in [0.15, 0.2) is 36.4 Å². The van der Waals surface area contributed by atoms with Gasteiger partial charge in [0.15, 0.2) is 0 Å². The molecular weight excluding hydrogens is 416 g/mol. The Balaban J connectivity index is 2.84. The second-order valence-corrected chi connectivity index (χ2v) is 11.4. The summed E-state index contributed by atoms with van der Waals surface area (Å²) in [7, 11) is 0. The monoisotopic (exact) mass is 450 g/mol. The molecule has 4 heteroatoms. The molecule has 0 fully saturated rings. The van der Waals surface area contributed by atoms with Crippen molar-refractivity contribution in [1.29, 1.82) is 21.0 Å². The molecule has 0 aliphatic rings. The largest absolute Gasteiger partial charge is 0.197 e. The number of hydrogen-bond donors (Lipinski definition) is 0. The van der Waals surface area contributed by atoms with Crippen molar-refractivity contribution in [3.63, 3.8) is 0 Å². The molecule has 0 aromatic heterocycles. The zero-order valence-corrected chi connectivity index (χ0v) is 21.8. The summed E-state index contributed by atoms with van der Waals surface area (Å²) in [5, 5.41) is 39.1. The van der Waals surface area contributed by atoms with E-state index in [1.54, 1.807) is 0 Å². The molecule has 0 unspecified atom stereocenters. The van der Waals surface area contributed by atoms with E-state index in [-0.39, 0.29) is 5.92 Å². The summed E-state index contributed by atoms with van der Waals surface area (Å²) >= 11 is 0. The molecule has 2 rings (SSSR count). The van der Waals surface area contributed by atoms with Gasteiger partial charge in [0.25, 0.3) is 0 Å². The minimum absolute atomic E-state index is 0.0784. The van der Waals surface area contributed by atoms with Gasteiger partial charge in [-0.1, -0.05) is 43.3 Å². The molecule has 2 aromatic rings. The van der Waals surface area contributed by atoms with E-state index in [1.165, 1.54) is 0 Å². The van der Waals surface area contributed by atoms with Gasteiger partial charge < -0.3 is 0 Å². The van der Waals surface area contributed by atoms with Gasteiger partial charge >= 0.3 is 0 Å². The van der Waals surface area contributed by atoms with E-state index >= 15 is 0 Å². The highest BCUT2D eigenvalue weighted by atomic mass is 14.4. The predicted molar refractivity (Wildman–Crippen MR) is 135 cm³/mol. The molecule has 0 amide bonds. The van der Waals surface area contributed by atoms with E-state index in [9.17, 15) is 21.0 Å². The summed E-state index contributed by atoms with van der Waals surface area (Å²) in [5.41, 5.74) is 2.59. The van der Waals surface area contributed by atoms with Crippen LogP contribution in [0.3, 0.4) is 0 Å². The highest BCUT2D eigenvalue weighted by Gasteiger charge is 2.30. The number of benzene rings is 2. The fourth-order valence-corrected chi connectivity index (χ4v) is 3.70. The van der Waals surface area contributed by atoms with Gasteiger partial charge in [-0.25, -0.2) is 0 Å². The van der Waals surface area contributed by atoms with Crippen LogP contribution in [0, 0.1) is 45.3 Å². The average molecular weight is 451 g/mol. The SMILES string of the molecule is CC(c1cc(C(C)(C)C#N)cc(C(C)(C)C#N)c1)c1cc(C(C)(C)C#N)cc(C(C)(C)C#N)c1. The smallest absolute Gasteiger partial charge is 0.0766 e. The lowest BCUT2D eigenvalue weighted by molar-refractivity contribution is 0.652. The van der Waals surface area contributed by atoms with Crippen LogP contribution in [0.2, 0.25) is 0 Å². The van der Waals surface area contributed by atoms with Crippen molar-refractivity contribution in [2.75, 3.05) is 0 Å². The van der Waals surface area contributed by atoms with E-state index in [0.717, 1.165) is 33.4 Å². The summed E-state index contributed by atoms with van der Waals surface area (Å²) in [5.74, 6) is -0.0784. The van der Waals surface area contributed by atoms with Gasteiger partial charge in [-0.2, -0.15) is 21.0 Å². The Hall–Kier alpha value is -3.60. The van der Waals surface area contributed by atoms with Crippen LogP contribution in [0.1, 0.15) is 102 Å². The molecule has 0 aliphatic heterocycles. The normalized spacial score (nSPS) is 12.4. The number of nitrogens with zero attached hydrogens (tertiary/aromatic N) is 4. The first-order chi connectivity index (χ1) is 15.5. The Morgan fingerprint density at radius 1 is 0.471 bits per heavy atom. The lowest BCUT2D eigenvalue weighted by atomic mass is 9.75. The van der Waals surface area contributed by atoms with Crippen molar-refractivity contribution >= 4 is 0 Å². The third kappa shape index (κ3) is 5.14. The van der Waals surface area contributed by atoms with Gasteiger partial charge in [-0.05, 0) is 88.8 Å². The Bertz CT molecular complexity index is 1080. The first kappa shape index (κ1) is 26.7. The van der Waals surface area contributed by atoms with Gasteiger partial charge in [-0.3, -0.25) is 0 Å². The zero-order chi connectivity index (χ0) is 26.1. The highest BCUT2D eigenvalue weighted by Crippen LogP contribution is 2.37. The lowest BCUT2D eigenvalue weighted by Gasteiger charge is -2.27. The predicted octanol–water partition coefficient (Wildman–Crippen LogP) is 7.04. The first-order valence-electron chi connectivity index (χ1n) is 11.5. The minimum atomic E-state index is -0.714. The zero-order valence-electron chi connectivity index (χ0n) is 21.8. The van der Waals surface area contributed by atoms with Gasteiger partial charge in [0.1, 0.15) is 0 Å². The molecule has 0 atom stereocenters. The van der Waals surface area contributed by atoms with Crippen LogP contribution in [0.25, 0.3) is 0 Å². The quantitative estimate of drug-likeness (QED) is 0.471. The molecule has 0 aliphatic carbocycles. The molecule has 0 N–H and O–H groups in total. The Morgan fingerprint density at radius 2 is 0.676 bits per heavy atom. The Labute approximate surface area is 205 Å². The summed E-state index contributed by atoms with van der Waals surface area (Å²) in [6.45, 7) is 17.1. The van der Waals surface area contributed by atoms with Crippen LogP contribution in [0.4, 0.5) is 0 Å². The maximum atomic E-state index is 9.77. The average Bonchev–Trinajstić information content (AvgIpc) is 2.82. The van der Waals surface area contributed by atoms with Crippen molar-refractivity contribution in [2.24, 2.45) is 0 Å². The third-order valence-electron chi connectivity index (χ3n) is 6.92. The highest BCUT2D eigenvalue weighted by molar-refractivity contribution is 5.49. The fraction of sp³-hybridized carbons (Fsp3) is 0.467. The fourth-order valence-electron chi connectivity index (χ4n) is 3.70. The van der Waals surface area contributed by atoms with E-state index in [4.69, 9.17) is 0 Å². The molecule has 0 heterocycles. The first-order valence-corrected chi connectivity index (χ1v) is 11.5. The molecule has 4 nitrogen and oxygen atoms in total. The second kappa shape index (κ2) is 8.98. The molecule has 0 saturated heterocycles. The molecule has 174 valence electrons. The molecule has 0 bridgehead atoms. The second-order valence-electron chi connectivity index (χ2n) is 11.4. The number of hydrogen-bond acceptors (Lipinski definition) is 4. The number of rotatable bonds is 6. The van der Waals surface area contributed by atoms with Crippen LogP contribution in [-0.2, 0) is 21.7 Å². The third-order valence-corrected chi connectivity index (χ3v) is 6.92. The molecule has 34 heavy (non-hydrogen) atoms. The Morgan fingerprint density at radius 3 is 0.853 bits per heavy atom. The summed E-state index contributed by atoms with van der Waals surface area (Å²) in [4.78, 5) is 0. The topological polar surface area (TPSA) is 95.2 Å². The number of nitriles is 4. The molecule has 0 saturated carbocycles. The van der Waals surface area contributed by atoms with Gasteiger partial charge in [0.2, 0.25) is 0 Å². The van der Waals surface area contributed by atoms with E-state index in [0.29, 0.717) is 0 Å². The van der Waals surface area contributed by atoms with E-state index in [2.05, 4.69) is 31.2 Å². The maximum Gasteiger partial charge on any atom is 0.0766 e. The van der Waals surface area contributed by atoms with Gasteiger partial charge in [-0.15, -0.1) is 0 Å². The van der Waals surface area contributed by atoms with Crippen molar-refractivity contribution in [3.8, 4) is 24.3 Å². The van der Waals surface area contributed by atoms with Crippen LogP contribution < -0.4 is 0 Å². The van der Waals surface area contributed by atoms with Crippen molar-refractivity contribution in [2.45, 2.75) is 89.9 Å². The van der Waals surface area contributed by atoms with E-state index in [1.807, 2.05) is 91.8 Å². The molecular formula is C30H34N4. The van der Waals surface area contributed by atoms with Crippen LogP contribution in [-0.4, -0.2) is 0 Å². The summed E-state index contributed by atoms with van der Waals surface area (Å²) in [6.07, 6.45) is 0. The molecule has 0 spiro atoms. The maximum absolute atomic E-state index is 9.77. The minimum Gasteiger partial charge on any atom is -0.197 e. The van der Waals surface area contributed by atoms with Crippen LogP contribution in [0.5, 0.6) is 0 Å². The molecule has 0 radical (unpaired) electrons. The van der Waals surface area contributed by atoms with Crippen molar-refractivity contribution in [1.82, 2.24) is 0 Å². The van der Waals surface area contributed by atoms with Crippen LogP contribution >= 0.6 is 0 Å². The summed E-state index contributed by atoms with van der Waals surface area (Å²) in [6, 6.07) is 21.6. The summed E-state index contributed by atoms with van der Waals surface area (Å²) < 4.78 is 0. The lowest BCUT2D eigenvalue weighted by Crippen LogP contribution is -2.21.